The van der Waals surface area contributed by atoms with Crippen LogP contribution in [-0.2, 0) is 22.4 Å². The average Bonchev–Trinajstić information content (AvgIpc) is 3.46. The van der Waals surface area contributed by atoms with Crippen molar-refractivity contribution in [1.82, 2.24) is 9.88 Å². The Morgan fingerprint density at radius 1 is 1.05 bits per heavy atom. The van der Waals surface area contributed by atoms with Crippen LogP contribution in [0.3, 0.4) is 0 Å². The quantitative estimate of drug-likeness (QED) is 0.267. The number of rotatable bonds is 10. The fourth-order valence-electron chi connectivity index (χ4n) is 5.10. The first-order valence-corrected chi connectivity index (χ1v) is 12.8. The molecule has 8 nitrogen and oxygen atoms in total. The number of nitrogens with one attached hydrogen (secondary N) is 1. The summed E-state index contributed by atoms with van der Waals surface area (Å²) < 4.78 is 10.9. The summed E-state index contributed by atoms with van der Waals surface area (Å²) in [5.41, 5.74) is 3.29. The maximum Gasteiger partial charge on any atom is 0.290 e. The van der Waals surface area contributed by atoms with Gasteiger partial charge in [0.05, 0.1) is 25.3 Å². The summed E-state index contributed by atoms with van der Waals surface area (Å²) in [6.07, 6.45) is 2.40. The van der Waals surface area contributed by atoms with Crippen LogP contribution in [0.4, 0.5) is 0 Å². The number of aromatic nitrogens is 1. The maximum atomic E-state index is 13.6. The van der Waals surface area contributed by atoms with E-state index in [1.54, 1.807) is 26.2 Å². The maximum absolute atomic E-state index is 13.6. The number of ether oxygens (including phenoxy) is 2. The molecule has 0 aliphatic carbocycles. The standard InChI is InChI=1S/C31H30N2O6/c1-3-39-27-16-20(9-12-25(27)34)29-28(26(35)15-19-7-5-4-6-8-19)30(36)31(37)33(29)14-13-21-18-32-24-11-10-22(38-2)17-23(21)24/h4-12,16-18,29,32,34,36H,3,13-15H2,1-2H3/t29-/m1/s1. The lowest BCUT2D eigenvalue weighted by Gasteiger charge is -2.27. The van der Waals surface area contributed by atoms with Crippen molar-refractivity contribution in [2.24, 2.45) is 0 Å². The fourth-order valence-corrected chi connectivity index (χ4v) is 5.10. The Labute approximate surface area is 226 Å². The summed E-state index contributed by atoms with van der Waals surface area (Å²) in [5.74, 6) is -0.587. The molecule has 0 radical (unpaired) electrons. The zero-order valence-corrected chi connectivity index (χ0v) is 21.8. The number of aliphatic hydroxyl groups excluding tert-OH is 1. The van der Waals surface area contributed by atoms with Crippen LogP contribution in [0.1, 0.15) is 29.7 Å². The summed E-state index contributed by atoms with van der Waals surface area (Å²) in [4.78, 5) is 31.7. The zero-order chi connectivity index (χ0) is 27.5. The SMILES string of the molecule is CCOc1cc([C@@H]2C(C(=O)Cc3ccccc3)=C(O)C(=O)N2CCc2c[nH]c3ccc(OC)cc23)ccc1O. The molecule has 4 aromatic rings. The second kappa shape index (κ2) is 10.9. The number of fused-ring (bicyclic) bond motifs is 1. The number of amides is 1. The predicted octanol–water partition coefficient (Wildman–Crippen LogP) is 5.03. The van der Waals surface area contributed by atoms with Gasteiger partial charge in [-0.05, 0) is 60.4 Å². The number of aromatic amines is 1. The van der Waals surface area contributed by atoms with Gasteiger partial charge in [0, 0.05) is 30.1 Å². The summed E-state index contributed by atoms with van der Waals surface area (Å²) in [5, 5.41) is 22.2. The van der Waals surface area contributed by atoms with E-state index in [-0.39, 0.29) is 35.8 Å². The third-order valence-electron chi connectivity index (χ3n) is 7.01. The summed E-state index contributed by atoms with van der Waals surface area (Å²) in [7, 11) is 1.61. The number of hydrogen-bond acceptors (Lipinski definition) is 6. The number of aliphatic hydroxyl groups is 1. The Hall–Kier alpha value is -4.72. The molecule has 1 aliphatic heterocycles. The molecule has 2 heterocycles. The van der Waals surface area contributed by atoms with E-state index < -0.39 is 17.7 Å². The Morgan fingerprint density at radius 3 is 2.59 bits per heavy atom. The van der Waals surface area contributed by atoms with Crippen molar-refractivity contribution in [3.8, 4) is 17.2 Å². The number of phenolic OH excluding ortho intramolecular Hbond substituents is 1. The highest BCUT2D eigenvalue weighted by molar-refractivity contribution is 6.09. The molecule has 1 atom stereocenters. The molecule has 200 valence electrons. The first-order valence-electron chi connectivity index (χ1n) is 12.8. The number of Topliss-reactive ketones (excluding diaryl/α,β-unsaturated/α-hetero) is 1. The molecule has 0 bridgehead atoms. The minimum Gasteiger partial charge on any atom is -0.504 e. The van der Waals surface area contributed by atoms with Crippen LogP contribution in [0.25, 0.3) is 10.9 Å². The van der Waals surface area contributed by atoms with Crippen LogP contribution < -0.4 is 9.47 Å². The van der Waals surface area contributed by atoms with Crippen molar-refractivity contribution in [3.05, 3.63) is 101 Å². The van der Waals surface area contributed by atoms with Gasteiger partial charge in [-0.15, -0.1) is 0 Å². The number of hydrogen-bond donors (Lipinski definition) is 3. The third-order valence-corrected chi connectivity index (χ3v) is 7.01. The second-order valence-corrected chi connectivity index (χ2v) is 9.38. The lowest BCUT2D eigenvalue weighted by molar-refractivity contribution is -0.129. The molecule has 1 amide bonds. The topological polar surface area (TPSA) is 112 Å². The average molecular weight is 527 g/mol. The molecule has 5 rings (SSSR count). The van der Waals surface area contributed by atoms with Crippen LogP contribution in [-0.4, -0.2) is 52.0 Å². The number of nitrogens with zero attached hydrogens (tertiary/aromatic N) is 1. The molecular weight excluding hydrogens is 496 g/mol. The third kappa shape index (κ3) is 5.05. The van der Waals surface area contributed by atoms with Crippen LogP contribution in [0.15, 0.2) is 84.3 Å². The molecule has 3 N–H and O–H groups in total. The molecular formula is C31H30N2O6. The number of aromatic hydroxyl groups is 1. The zero-order valence-electron chi connectivity index (χ0n) is 21.8. The van der Waals surface area contributed by atoms with Gasteiger partial charge in [0.15, 0.2) is 23.0 Å². The van der Waals surface area contributed by atoms with Gasteiger partial charge in [-0.25, -0.2) is 0 Å². The summed E-state index contributed by atoms with van der Waals surface area (Å²) >= 11 is 0. The molecule has 0 saturated carbocycles. The summed E-state index contributed by atoms with van der Waals surface area (Å²) in [6, 6.07) is 18.8. The van der Waals surface area contributed by atoms with Crippen molar-refractivity contribution in [1.29, 1.82) is 0 Å². The monoisotopic (exact) mass is 526 g/mol. The van der Waals surface area contributed by atoms with Gasteiger partial charge in [-0.3, -0.25) is 9.59 Å². The molecule has 1 aliphatic rings. The van der Waals surface area contributed by atoms with Crippen LogP contribution in [0, 0.1) is 0 Å². The van der Waals surface area contributed by atoms with Crippen LogP contribution in [0.2, 0.25) is 0 Å². The first kappa shape index (κ1) is 25.9. The Kier molecular flexibility index (Phi) is 7.27. The van der Waals surface area contributed by atoms with E-state index in [1.807, 2.05) is 54.7 Å². The number of carbonyl (C=O) groups is 2. The number of methoxy groups -OCH3 is 1. The van der Waals surface area contributed by atoms with E-state index in [1.165, 1.54) is 11.0 Å². The Bertz CT molecular complexity index is 1560. The minimum atomic E-state index is -0.840. The van der Waals surface area contributed by atoms with Gasteiger partial charge in [-0.1, -0.05) is 36.4 Å². The lowest BCUT2D eigenvalue weighted by atomic mass is 9.92. The van der Waals surface area contributed by atoms with Gasteiger partial charge in [0.2, 0.25) is 0 Å². The van der Waals surface area contributed by atoms with E-state index in [2.05, 4.69) is 4.98 Å². The number of carbonyl (C=O) groups excluding carboxylic acids is 2. The molecule has 1 aromatic heterocycles. The largest absolute Gasteiger partial charge is 0.504 e. The molecule has 0 unspecified atom stereocenters. The van der Waals surface area contributed by atoms with Crippen molar-refractivity contribution in [3.63, 3.8) is 0 Å². The highest BCUT2D eigenvalue weighted by atomic mass is 16.5. The number of H-pyrrole nitrogens is 1. The fraction of sp³-hybridized carbons (Fsp3) is 0.226. The van der Waals surface area contributed by atoms with Crippen molar-refractivity contribution in [2.45, 2.75) is 25.8 Å². The van der Waals surface area contributed by atoms with Gasteiger partial charge >= 0.3 is 0 Å². The second-order valence-electron chi connectivity index (χ2n) is 9.38. The smallest absolute Gasteiger partial charge is 0.290 e. The Morgan fingerprint density at radius 2 is 1.85 bits per heavy atom. The van der Waals surface area contributed by atoms with Crippen molar-refractivity contribution in [2.75, 3.05) is 20.3 Å². The molecule has 0 saturated heterocycles. The van der Waals surface area contributed by atoms with E-state index in [4.69, 9.17) is 9.47 Å². The molecule has 3 aromatic carbocycles. The summed E-state index contributed by atoms with van der Waals surface area (Å²) in [6.45, 7) is 2.37. The van der Waals surface area contributed by atoms with E-state index in [0.717, 1.165) is 27.8 Å². The van der Waals surface area contributed by atoms with Gasteiger partial charge < -0.3 is 29.6 Å². The van der Waals surface area contributed by atoms with Crippen molar-refractivity contribution < 1.29 is 29.3 Å². The van der Waals surface area contributed by atoms with Crippen LogP contribution >= 0.6 is 0 Å². The highest BCUT2D eigenvalue weighted by Crippen LogP contribution is 2.41. The molecule has 0 fully saturated rings. The number of benzene rings is 3. The first-order chi connectivity index (χ1) is 18.9. The highest BCUT2D eigenvalue weighted by Gasteiger charge is 2.43. The molecule has 8 heteroatoms. The van der Waals surface area contributed by atoms with E-state index >= 15 is 0 Å². The lowest BCUT2D eigenvalue weighted by Crippen LogP contribution is -2.33. The van der Waals surface area contributed by atoms with Crippen molar-refractivity contribution >= 4 is 22.6 Å². The normalized spacial score (nSPS) is 15.3. The van der Waals surface area contributed by atoms with Gasteiger partial charge in [0.1, 0.15) is 5.75 Å². The Balaban J connectivity index is 1.51. The number of phenols is 1. The van der Waals surface area contributed by atoms with E-state index in [0.29, 0.717) is 18.6 Å². The number of ketones is 1. The van der Waals surface area contributed by atoms with Crippen LogP contribution in [0.5, 0.6) is 17.2 Å². The molecule has 39 heavy (non-hydrogen) atoms. The van der Waals surface area contributed by atoms with E-state index in [9.17, 15) is 19.8 Å². The molecule has 0 spiro atoms. The van der Waals surface area contributed by atoms with Gasteiger partial charge in [0.25, 0.3) is 5.91 Å². The minimum absolute atomic E-state index is 0.0382. The predicted molar refractivity (Wildman–Crippen MR) is 147 cm³/mol. The van der Waals surface area contributed by atoms with Gasteiger partial charge in [-0.2, -0.15) is 0 Å².